The summed E-state index contributed by atoms with van der Waals surface area (Å²) in [5.74, 6) is 0.547. The Kier molecular flexibility index (Phi) is 7.04. The molecule has 0 radical (unpaired) electrons. The van der Waals surface area contributed by atoms with Crippen molar-refractivity contribution in [3.8, 4) is 0 Å². The zero-order chi connectivity index (χ0) is 22.7. The molecule has 2 fully saturated rings. The van der Waals surface area contributed by atoms with Crippen LogP contribution in [-0.2, 0) is 0 Å². The number of nitrogens with one attached hydrogen (secondary N) is 1. The zero-order valence-corrected chi connectivity index (χ0v) is 20.1. The van der Waals surface area contributed by atoms with E-state index < -0.39 is 0 Å². The van der Waals surface area contributed by atoms with Gasteiger partial charge < -0.3 is 15.1 Å². The highest BCUT2D eigenvalue weighted by Crippen LogP contribution is 2.31. The molecule has 2 aromatic carbocycles. The molecule has 5 heteroatoms. The summed E-state index contributed by atoms with van der Waals surface area (Å²) in [5.41, 5.74) is 4.74. The van der Waals surface area contributed by atoms with Crippen molar-refractivity contribution in [3.63, 3.8) is 0 Å². The first-order valence-corrected chi connectivity index (χ1v) is 12.1. The Morgan fingerprint density at radius 3 is 2.31 bits per heavy atom. The predicted octanol–water partition coefficient (Wildman–Crippen LogP) is 5.33. The predicted molar refractivity (Wildman–Crippen MR) is 134 cm³/mol. The molecule has 0 spiro atoms. The Hall–Kier alpha value is -2.53. The summed E-state index contributed by atoms with van der Waals surface area (Å²) < 4.78 is 0. The number of aryl methyl sites for hydroxylation is 1. The van der Waals surface area contributed by atoms with Crippen LogP contribution in [0.3, 0.4) is 0 Å². The zero-order valence-electron chi connectivity index (χ0n) is 20.1. The summed E-state index contributed by atoms with van der Waals surface area (Å²) in [5, 5.41) is 3.22. The Bertz CT molecular complexity index is 902. The molecule has 1 atom stereocenters. The summed E-state index contributed by atoms with van der Waals surface area (Å²) in [7, 11) is 0. The van der Waals surface area contributed by atoms with Gasteiger partial charge in [0.15, 0.2) is 0 Å². The highest BCUT2D eigenvalue weighted by atomic mass is 16.2. The first kappa shape index (κ1) is 22.7. The van der Waals surface area contributed by atoms with Gasteiger partial charge in [-0.05, 0) is 64.2 Å². The van der Waals surface area contributed by atoms with Crippen molar-refractivity contribution in [2.24, 2.45) is 0 Å². The van der Waals surface area contributed by atoms with E-state index in [4.69, 9.17) is 0 Å². The van der Waals surface area contributed by atoms with Gasteiger partial charge in [0.05, 0.1) is 11.4 Å². The van der Waals surface area contributed by atoms with Gasteiger partial charge in [-0.25, -0.2) is 4.79 Å². The lowest BCUT2D eigenvalue weighted by molar-refractivity contribution is 0.148. The molecule has 2 amide bonds. The number of anilines is 2. The number of carbonyl (C=O) groups is 1. The molecular formula is C27H38N4O. The Balaban J connectivity index is 1.37. The number of hydrogen-bond donors (Lipinski definition) is 1. The molecule has 5 nitrogen and oxygen atoms in total. The number of rotatable bonds is 4. The van der Waals surface area contributed by atoms with Crippen LogP contribution in [0.5, 0.6) is 0 Å². The van der Waals surface area contributed by atoms with Crippen molar-refractivity contribution in [3.05, 3.63) is 59.7 Å². The van der Waals surface area contributed by atoms with Gasteiger partial charge >= 0.3 is 6.03 Å². The highest BCUT2D eigenvalue weighted by Gasteiger charge is 2.28. The second-order valence-corrected chi connectivity index (χ2v) is 9.75. The van der Waals surface area contributed by atoms with Crippen molar-refractivity contribution in [2.75, 3.05) is 42.9 Å². The van der Waals surface area contributed by atoms with Crippen LogP contribution in [0.25, 0.3) is 0 Å². The molecule has 0 aliphatic carbocycles. The maximum Gasteiger partial charge on any atom is 0.321 e. The number of benzene rings is 2. The number of nitrogens with zero attached hydrogens (tertiary/aromatic N) is 3. The average Bonchev–Trinajstić information content (AvgIpc) is 2.80. The smallest absolute Gasteiger partial charge is 0.321 e. The molecule has 0 unspecified atom stereocenters. The molecule has 0 bridgehead atoms. The van der Waals surface area contributed by atoms with E-state index in [2.05, 4.69) is 79.2 Å². The van der Waals surface area contributed by atoms with E-state index in [0.717, 1.165) is 56.9 Å². The van der Waals surface area contributed by atoms with E-state index in [1.807, 2.05) is 17.0 Å². The lowest BCUT2D eigenvalue weighted by Crippen LogP contribution is -2.54. The van der Waals surface area contributed by atoms with Gasteiger partial charge in [0.2, 0.25) is 0 Å². The Morgan fingerprint density at radius 2 is 1.66 bits per heavy atom. The fourth-order valence-corrected chi connectivity index (χ4v) is 5.26. The molecule has 0 aromatic heterocycles. The molecule has 32 heavy (non-hydrogen) atoms. The van der Waals surface area contributed by atoms with Crippen LogP contribution in [0.4, 0.5) is 16.2 Å². The van der Waals surface area contributed by atoms with Gasteiger partial charge in [-0.1, -0.05) is 42.0 Å². The van der Waals surface area contributed by atoms with Crippen molar-refractivity contribution in [1.82, 2.24) is 9.80 Å². The summed E-state index contributed by atoms with van der Waals surface area (Å²) in [6, 6.07) is 18.2. The molecule has 2 aliphatic rings. The molecule has 1 N–H and O–H groups in total. The van der Waals surface area contributed by atoms with E-state index in [1.54, 1.807) is 0 Å². The number of hydrogen-bond acceptors (Lipinski definition) is 3. The van der Waals surface area contributed by atoms with Crippen LogP contribution in [0.2, 0.25) is 0 Å². The fourth-order valence-electron chi connectivity index (χ4n) is 5.26. The number of piperazine rings is 1. The van der Waals surface area contributed by atoms with Gasteiger partial charge in [0.1, 0.15) is 0 Å². The summed E-state index contributed by atoms with van der Waals surface area (Å²) >= 11 is 0. The number of amides is 2. The molecule has 2 aliphatic heterocycles. The standard InChI is InChI=1S/C27H38N4O/c1-20(2)31-18-17-30(19-22(31)4)26-8-6-5-7-25(26)28-27(32)29-15-13-24(14-16-29)23-11-9-21(3)10-12-23/h5-12,20,22,24H,13-19H2,1-4H3,(H,28,32)/t22-/m1/s1. The molecule has 2 heterocycles. The summed E-state index contributed by atoms with van der Waals surface area (Å²) in [6.45, 7) is 13.6. The molecule has 0 saturated carbocycles. The van der Waals surface area contributed by atoms with Gasteiger partial charge in [-0.2, -0.15) is 0 Å². The Morgan fingerprint density at radius 1 is 0.969 bits per heavy atom. The van der Waals surface area contributed by atoms with Crippen molar-refractivity contribution < 1.29 is 4.79 Å². The minimum absolute atomic E-state index is 0.0219. The number of piperidine rings is 1. The van der Waals surface area contributed by atoms with E-state index in [1.165, 1.54) is 11.1 Å². The molecule has 172 valence electrons. The second-order valence-electron chi connectivity index (χ2n) is 9.75. The largest absolute Gasteiger partial charge is 0.367 e. The third-order valence-corrected chi connectivity index (χ3v) is 7.16. The lowest BCUT2D eigenvalue weighted by Gasteiger charge is -2.43. The van der Waals surface area contributed by atoms with Gasteiger partial charge in [0.25, 0.3) is 0 Å². The van der Waals surface area contributed by atoms with E-state index in [9.17, 15) is 4.79 Å². The number of urea groups is 1. The normalized spacial score (nSPS) is 20.6. The van der Waals surface area contributed by atoms with Crippen molar-refractivity contribution in [2.45, 2.75) is 58.5 Å². The molecule has 4 rings (SSSR count). The van der Waals surface area contributed by atoms with Crippen molar-refractivity contribution >= 4 is 17.4 Å². The number of para-hydroxylation sites is 2. The van der Waals surface area contributed by atoms with E-state index >= 15 is 0 Å². The SMILES string of the molecule is Cc1ccc(C2CCN(C(=O)Nc3ccccc3N3CCN(C(C)C)[C@H](C)C3)CC2)cc1. The topological polar surface area (TPSA) is 38.8 Å². The minimum Gasteiger partial charge on any atom is -0.367 e. The maximum absolute atomic E-state index is 13.1. The number of likely N-dealkylation sites (tertiary alicyclic amines) is 1. The van der Waals surface area contributed by atoms with Crippen molar-refractivity contribution in [1.29, 1.82) is 0 Å². The highest BCUT2D eigenvalue weighted by molar-refractivity contribution is 5.93. The van der Waals surface area contributed by atoms with Crippen LogP contribution < -0.4 is 10.2 Å². The monoisotopic (exact) mass is 434 g/mol. The second kappa shape index (κ2) is 9.95. The molecule has 2 aromatic rings. The quantitative estimate of drug-likeness (QED) is 0.707. The third-order valence-electron chi connectivity index (χ3n) is 7.16. The molecular weight excluding hydrogens is 396 g/mol. The van der Waals surface area contributed by atoms with Gasteiger partial charge in [-0.3, -0.25) is 4.90 Å². The fraction of sp³-hybridized carbons (Fsp3) is 0.519. The van der Waals surface area contributed by atoms with Gasteiger partial charge in [-0.15, -0.1) is 0 Å². The van der Waals surface area contributed by atoms with Gasteiger partial charge in [0, 0.05) is 44.8 Å². The maximum atomic E-state index is 13.1. The average molecular weight is 435 g/mol. The minimum atomic E-state index is 0.0219. The van der Waals surface area contributed by atoms with E-state index in [0.29, 0.717) is 18.0 Å². The van der Waals surface area contributed by atoms with E-state index in [-0.39, 0.29) is 6.03 Å². The van der Waals surface area contributed by atoms with Crippen LogP contribution >= 0.6 is 0 Å². The van der Waals surface area contributed by atoms with Crippen LogP contribution in [0.15, 0.2) is 48.5 Å². The summed E-state index contributed by atoms with van der Waals surface area (Å²) in [4.78, 5) is 20.0. The third kappa shape index (κ3) is 5.09. The van der Waals surface area contributed by atoms with Crippen LogP contribution in [0.1, 0.15) is 50.7 Å². The number of carbonyl (C=O) groups excluding carboxylic acids is 1. The van der Waals surface area contributed by atoms with Crippen LogP contribution in [0, 0.1) is 6.92 Å². The molecule has 2 saturated heterocycles. The van der Waals surface area contributed by atoms with Crippen LogP contribution in [-0.4, -0.2) is 60.6 Å². The Labute approximate surface area is 193 Å². The summed E-state index contributed by atoms with van der Waals surface area (Å²) in [6.07, 6.45) is 2.04. The lowest BCUT2D eigenvalue weighted by atomic mass is 9.89. The first-order chi connectivity index (χ1) is 15.4. The first-order valence-electron chi connectivity index (χ1n) is 12.1.